The monoisotopic (exact) mass is 365 g/mol. The van der Waals surface area contributed by atoms with Crippen LogP contribution in [0.4, 0.5) is 0 Å². The number of hydrogen-bond acceptors (Lipinski definition) is 4. The summed E-state index contributed by atoms with van der Waals surface area (Å²) in [6, 6.07) is 15.5. The van der Waals surface area contributed by atoms with Crippen LogP contribution in [0.2, 0.25) is 0 Å². The smallest absolute Gasteiger partial charge is 0.170 e. The van der Waals surface area contributed by atoms with Crippen LogP contribution in [0.3, 0.4) is 0 Å². The van der Waals surface area contributed by atoms with E-state index < -0.39 is 0 Å². The van der Waals surface area contributed by atoms with Crippen LogP contribution >= 0.6 is 12.2 Å². The van der Waals surface area contributed by atoms with Crippen LogP contribution in [0.5, 0.6) is 0 Å². The molecule has 4 heterocycles. The molecule has 0 amide bonds. The summed E-state index contributed by atoms with van der Waals surface area (Å²) in [5.41, 5.74) is 1.95. The van der Waals surface area contributed by atoms with Gasteiger partial charge in [-0.05, 0) is 48.6 Å². The summed E-state index contributed by atoms with van der Waals surface area (Å²) in [5.74, 6) is 0.842. The summed E-state index contributed by atoms with van der Waals surface area (Å²) in [4.78, 5) is 11.0. The largest absolute Gasteiger partial charge is 0.395 e. The molecular formula is C19H19N5OS. The van der Waals surface area contributed by atoms with Crippen LogP contribution in [-0.4, -0.2) is 42.8 Å². The van der Waals surface area contributed by atoms with E-state index >= 15 is 0 Å². The molecule has 0 spiro atoms. The zero-order valence-corrected chi connectivity index (χ0v) is 14.9. The van der Waals surface area contributed by atoms with E-state index in [1.54, 1.807) is 12.4 Å². The summed E-state index contributed by atoms with van der Waals surface area (Å²) in [5, 5.41) is 13.5. The topological polar surface area (TPSA) is 66.2 Å². The maximum atomic E-state index is 9.54. The fraction of sp³-hybridized carbons (Fsp3) is 0.211. The molecule has 1 aliphatic rings. The maximum absolute atomic E-state index is 9.54. The van der Waals surface area contributed by atoms with Crippen molar-refractivity contribution < 1.29 is 5.11 Å². The van der Waals surface area contributed by atoms with E-state index in [-0.39, 0.29) is 18.7 Å². The molecule has 0 bridgehead atoms. The Bertz CT molecular complexity index is 883. The Balaban J connectivity index is 1.81. The standard InChI is InChI=1S/C19H19N5OS/c25-13-12-24-18(17(22-19(24)26)14-6-1-3-9-20-14)15-7-5-11-23(15)16-8-2-4-10-21-16/h1-11,17-18,25H,12-13H2,(H,22,26). The van der Waals surface area contributed by atoms with Crippen LogP contribution in [0.1, 0.15) is 23.5 Å². The van der Waals surface area contributed by atoms with E-state index in [9.17, 15) is 5.11 Å². The van der Waals surface area contributed by atoms with Crippen molar-refractivity contribution in [2.24, 2.45) is 0 Å². The second-order valence-corrected chi connectivity index (χ2v) is 6.42. The molecule has 7 heteroatoms. The van der Waals surface area contributed by atoms with Gasteiger partial charge in [0.1, 0.15) is 5.82 Å². The first-order valence-electron chi connectivity index (χ1n) is 8.47. The molecule has 2 N–H and O–H groups in total. The average molecular weight is 365 g/mol. The molecule has 3 aromatic rings. The van der Waals surface area contributed by atoms with Gasteiger partial charge in [0.25, 0.3) is 0 Å². The van der Waals surface area contributed by atoms with Gasteiger partial charge in [-0.1, -0.05) is 12.1 Å². The molecule has 1 saturated heterocycles. The van der Waals surface area contributed by atoms with Gasteiger partial charge in [0.15, 0.2) is 5.11 Å². The lowest BCUT2D eigenvalue weighted by molar-refractivity contribution is 0.220. The molecule has 4 rings (SSSR count). The summed E-state index contributed by atoms with van der Waals surface area (Å²) < 4.78 is 2.06. The van der Waals surface area contributed by atoms with Crippen LogP contribution in [-0.2, 0) is 0 Å². The molecule has 1 aliphatic heterocycles. The minimum atomic E-state index is -0.104. The minimum absolute atomic E-state index is 0.0254. The van der Waals surface area contributed by atoms with E-state index in [1.165, 1.54) is 0 Å². The van der Waals surface area contributed by atoms with Crippen LogP contribution < -0.4 is 5.32 Å². The van der Waals surface area contributed by atoms with Crippen LogP contribution in [0, 0.1) is 0 Å². The van der Waals surface area contributed by atoms with Crippen molar-refractivity contribution in [1.29, 1.82) is 0 Å². The Morgan fingerprint density at radius 3 is 2.54 bits per heavy atom. The highest BCUT2D eigenvalue weighted by molar-refractivity contribution is 7.80. The van der Waals surface area contributed by atoms with Gasteiger partial charge in [0.2, 0.25) is 0 Å². The zero-order chi connectivity index (χ0) is 17.9. The SMILES string of the molecule is OCCN1C(=S)NC(c2ccccn2)C1c1cccn1-c1ccccn1. The van der Waals surface area contributed by atoms with E-state index in [4.69, 9.17) is 12.2 Å². The van der Waals surface area contributed by atoms with Crippen molar-refractivity contribution in [3.05, 3.63) is 78.5 Å². The van der Waals surface area contributed by atoms with Gasteiger partial charge >= 0.3 is 0 Å². The number of nitrogens with one attached hydrogen (secondary N) is 1. The predicted molar refractivity (Wildman–Crippen MR) is 103 cm³/mol. The van der Waals surface area contributed by atoms with Gasteiger partial charge in [0.05, 0.1) is 24.4 Å². The minimum Gasteiger partial charge on any atom is -0.395 e. The molecular weight excluding hydrogens is 346 g/mol. The van der Waals surface area contributed by atoms with Crippen molar-refractivity contribution in [3.63, 3.8) is 0 Å². The summed E-state index contributed by atoms with van der Waals surface area (Å²) in [7, 11) is 0. The van der Waals surface area contributed by atoms with E-state index in [0.29, 0.717) is 11.7 Å². The van der Waals surface area contributed by atoms with E-state index in [1.807, 2.05) is 53.6 Å². The first-order valence-corrected chi connectivity index (χ1v) is 8.88. The Kier molecular flexibility index (Phi) is 4.64. The lowest BCUT2D eigenvalue weighted by Crippen LogP contribution is -2.33. The molecule has 26 heavy (non-hydrogen) atoms. The van der Waals surface area contributed by atoms with Crippen molar-refractivity contribution in [1.82, 2.24) is 24.8 Å². The number of rotatable bonds is 5. The number of thiocarbonyl (C=S) groups is 1. The average Bonchev–Trinajstić information content (AvgIpc) is 3.28. The van der Waals surface area contributed by atoms with Gasteiger partial charge in [-0.3, -0.25) is 4.98 Å². The van der Waals surface area contributed by atoms with Crippen LogP contribution in [0.25, 0.3) is 5.82 Å². The number of aliphatic hydroxyl groups excluding tert-OH is 1. The Labute approximate surface area is 157 Å². The molecule has 0 saturated carbocycles. The first kappa shape index (κ1) is 16.7. The van der Waals surface area contributed by atoms with Gasteiger partial charge < -0.3 is 19.9 Å². The predicted octanol–water partition coefficient (Wildman–Crippen LogP) is 2.23. The van der Waals surface area contributed by atoms with E-state index in [0.717, 1.165) is 17.2 Å². The first-order chi connectivity index (χ1) is 12.8. The summed E-state index contributed by atoms with van der Waals surface area (Å²) in [6.07, 6.45) is 5.55. The van der Waals surface area contributed by atoms with Crippen LogP contribution in [0.15, 0.2) is 67.1 Å². The third-order valence-corrected chi connectivity index (χ3v) is 4.87. The van der Waals surface area contributed by atoms with Crippen molar-refractivity contribution in [2.45, 2.75) is 12.1 Å². The Morgan fingerprint density at radius 2 is 1.85 bits per heavy atom. The number of pyridine rings is 2. The molecule has 0 aliphatic carbocycles. The van der Waals surface area contributed by atoms with E-state index in [2.05, 4.69) is 25.9 Å². The summed E-state index contributed by atoms with van der Waals surface area (Å²) >= 11 is 5.55. The second-order valence-electron chi connectivity index (χ2n) is 6.03. The number of β-amino-alcohol motifs (C(OH)–C–C–N with tert-alkyl or cyclic N) is 1. The third kappa shape index (κ3) is 2.95. The normalized spacial score (nSPS) is 19.6. The fourth-order valence-electron chi connectivity index (χ4n) is 3.42. The van der Waals surface area contributed by atoms with Gasteiger partial charge in [0, 0.05) is 30.8 Å². The van der Waals surface area contributed by atoms with Crippen molar-refractivity contribution in [3.8, 4) is 5.82 Å². The molecule has 2 atom stereocenters. The van der Waals surface area contributed by atoms with Gasteiger partial charge in [-0.15, -0.1) is 0 Å². The number of nitrogens with zero attached hydrogens (tertiary/aromatic N) is 4. The third-order valence-electron chi connectivity index (χ3n) is 4.52. The number of hydrogen-bond donors (Lipinski definition) is 2. The highest BCUT2D eigenvalue weighted by Gasteiger charge is 2.40. The summed E-state index contributed by atoms with van der Waals surface area (Å²) in [6.45, 7) is 0.477. The molecule has 3 aromatic heterocycles. The van der Waals surface area contributed by atoms with Gasteiger partial charge in [-0.2, -0.15) is 0 Å². The quantitative estimate of drug-likeness (QED) is 0.676. The highest BCUT2D eigenvalue weighted by atomic mass is 32.1. The van der Waals surface area contributed by atoms with Gasteiger partial charge in [-0.25, -0.2) is 4.98 Å². The van der Waals surface area contributed by atoms with Crippen molar-refractivity contribution >= 4 is 17.3 Å². The Morgan fingerprint density at radius 1 is 1.04 bits per heavy atom. The maximum Gasteiger partial charge on any atom is 0.170 e. The molecule has 0 radical (unpaired) electrons. The molecule has 1 fully saturated rings. The molecule has 132 valence electrons. The lowest BCUT2D eigenvalue weighted by atomic mass is 10.0. The highest BCUT2D eigenvalue weighted by Crippen LogP contribution is 2.39. The lowest BCUT2D eigenvalue weighted by Gasteiger charge is -2.28. The number of aliphatic hydroxyl groups is 1. The zero-order valence-electron chi connectivity index (χ0n) is 14.1. The van der Waals surface area contributed by atoms with Crippen molar-refractivity contribution in [2.75, 3.05) is 13.2 Å². The Hall–Kier alpha value is -2.77. The molecule has 2 unspecified atom stereocenters. The second kappa shape index (κ2) is 7.23. The number of aromatic nitrogens is 3. The molecule has 0 aromatic carbocycles. The molecule has 6 nitrogen and oxygen atoms in total. The fourth-order valence-corrected chi connectivity index (χ4v) is 3.75.